The molecule has 0 saturated carbocycles. The third-order valence-corrected chi connectivity index (χ3v) is 5.98. The van der Waals surface area contributed by atoms with E-state index >= 15 is 0 Å². The minimum atomic E-state index is -0.128. The van der Waals surface area contributed by atoms with E-state index < -0.39 is 0 Å². The zero-order valence-corrected chi connectivity index (χ0v) is 19.1. The van der Waals surface area contributed by atoms with Crippen molar-refractivity contribution >= 4 is 0 Å². The molecule has 6 heteroatoms. The summed E-state index contributed by atoms with van der Waals surface area (Å²) in [6.07, 6.45) is 11.3. The fraction of sp³-hybridized carbons (Fsp3) is 0.103. The quantitative estimate of drug-likeness (QED) is 0.347. The normalized spacial score (nSPS) is 11.8. The molecule has 1 unspecified atom stereocenters. The Morgan fingerprint density at radius 3 is 2.17 bits per heavy atom. The van der Waals surface area contributed by atoms with E-state index in [0.717, 1.165) is 27.9 Å². The van der Waals surface area contributed by atoms with E-state index in [9.17, 15) is 5.26 Å². The van der Waals surface area contributed by atoms with Crippen LogP contribution in [0.15, 0.2) is 116 Å². The molecule has 0 bridgehead atoms. The van der Waals surface area contributed by atoms with Crippen LogP contribution in [0, 0.1) is 11.3 Å². The predicted octanol–water partition coefficient (Wildman–Crippen LogP) is 5.20. The number of hydrogen-bond donors (Lipinski definition) is 1. The number of benzene rings is 2. The average Bonchev–Trinajstić information content (AvgIpc) is 3.41. The van der Waals surface area contributed by atoms with Crippen LogP contribution in [0.1, 0.15) is 39.8 Å². The first-order chi connectivity index (χ1) is 17.3. The van der Waals surface area contributed by atoms with Gasteiger partial charge in [0, 0.05) is 55.1 Å². The Bertz CT molecular complexity index is 1370. The molecule has 0 saturated heterocycles. The smallest absolute Gasteiger partial charge is 0.0991 e. The zero-order valence-electron chi connectivity index (χ0n) is 19.1. The van der Waals surface area contributed by atoms with Crippen LogP contribution in [0.2, 0.25) is 0 Å². The van der Waals surface area contributed by atoms with Crippen molar-refractivity contribution in [1.82, 2.24) is 25.1 Å². The van der Waals surface area contributed by atoms with Gasteiger partial charge in [-0.1, -0.05) is 42.5 Å². The molecule has 5 aromatic rings. The standard InChI is InChI=1S/C29H24N6/c30-16-22-7-4-8-24(15-22)29(28(25-9-5-13-31-19-25)26-10-6-14-32-20-26)33-17-23-18-34-35(21-23)27-11-2-1-3-12-27/h1-15,18-21,28-29,33H,17H2. The molecule has 0 amide bonds. The van der Waals surface area contributed by atoms with Crippen LogP contribution in [0.3, 0.4) is 0 Å². The second-order valence-corrected chi connectivity index (χ2v) is 8.27. The first-order valence-corrected chi connectivity index (χ1v) is 11.4. The molecule has 0 aliphatic heterocycles. The fourth-order valence-electron chi connectivity index (χ4n) is 4.33. The summed E-state index contributed by atoms with van der Waals surface area (Å²) in [6.45, 7) is 0.602. The molecule has 5 rings (SSSR count). The number of nitrogens with zero attached hydrogens (tertiary/aromatic N) is 5. The maximum absolute atomic E-state index is 9.53. The van der Waals surface area contributed by atoms with Crippen molar-refractivity contribution in [1.29, 1.82) is 5.26 Å². The number of hydrogen-bond acceptors (Lipinski definition) is 5. The molecule has 0 fully saturated rings. The third-order valence-electron chi connectivity index (χ3n) is 5.98. The number of nitrogens with one attached hydrogen (secondary N) is 1. The summed E-state index contributed by atoms with van der Waals surface area (Å²) in [7, 11) is 0. The van der Waals surface area contributed by atoms with E-state index in [1.54, 1.807) is 12.4 Å². The second-order valence-electron chi connectivity index (χ2n) is 8.27. The Morgan fingerprint density at radius 2 is 1.51 bits per heavy atom. The monoisotopic (exact) mass is 456 g/mol. The summed E-state index contributed by atoms with van der Waals surface area (Å²) < 4.78 is 1.88. The Kier molecular flexibility index (Phi) is 6.70. The lowest BCUT2D eigenvalue weighted by molar-refractivity contribution is 0.481. The van der Waals surface area contributed by atoms with Crippen LogP contribution in [0.4, 0.5) is 0 Å². The van der Waals surface area contributed by atoms with Crippen LogP contribution < -0.4 is 5.32 Å². The summed E-state index contributed by atoms with van der Waals surface area (Å²) in [5, 5.41) is 17.8. The molecule has 35 heavy (non-hydrogen) atoms. The highest BCUT2D eigenvalue weighted by molar-refractivity contribution is 5.40. The van der Waals surface area contributed by atoms with Crippen molar-refractivity contribution in [2.45, 2.75) is 18.5 Å². The van der Waals surface area contributed by atoms with Crippen molar-refractivity contribution in [3.05, 3.63) is 144 Å². The van der Waals surface area contributed by atoms with E-state index in [1.165, 1.54) is 0 Å². The first-order valence-electron chi connectivity index (χ1n) is 11.4. The van der Waals surface area contributed by atoms with E-state index in [2.05, 4.69) is 44.7 Å². The summed E-state index contributed by atoms with van der Waals surface area (Å²) in [5.41, 5.74) is 5.87. The van der Waals surface area contributed by atoms with Crippen LogP contribution in [0.5, 0.6) is 0 Å². The molecule has 3 heterocycles. The molecule has 0 spiro atoms. The van der Waals surface area contributed by atoms with Gasteiger partial charge in [0.25, 0.3) is 0 Å². The van der Waals surface area contributed by atoms with Crippen LogP contribution in [-0.4, -0.2) is 19.7 Å². The van der Waals surface area contributed by atoms with Gasteiger partial charge in [0.1, 0.15) is 0 Å². The topological polar surface area (TPSA) is 79.4 Å². The summed E-state index contributed by atoms with van der Waals surface area (Å²) in [5.74, 6) is -0.0597. The van der Waals surface area contributed by atoms with Crippen LogP contribution >= 0.6 is 0 Å². The van der Waals surface area contributed by atoms with Crippen molar-refractivity contribution in [2.75, 3.05) is 0 Å². The molecular formula is C29H24N6. The lowest BCUT2D eigenvalue weighted by atomic mass is 9.82. The lowest BCUT2D eigenvalue weighted by Gasteiger charge is -2.29. The number of nitriles is 1. The maximum atomic E-state index is 9.53. The largest absolute Gasteiger partial charge is 0.305 e. The molecule has 0 aliphatic rings. The Balaban J connectivity index is 1.51. The Hall–Kier alpha value is -4.60. The SMILES string of the molecule is N#Cc1cccc(C(NCc2cnn(-c3ccccc3)c2)C(c2cccnc2)c2cccnc2)c1. The van der Waals surface area contributed by atoms with E-state index in [-0.39, 0.29) is 12.0 Å². The number of aromatic nitrogens is 4. The molecule has 6 nitrogen and oxygen atoms in total. The van der Waals surface area contributed by atoms with Gasteiger partial charge in [0.2, 0.25) is 0 Å². The number of pyridine rings is 2. The molecule has 0 radical (unpaired) electrons. The van der Waals surface area contributed by atoms with Gasteiger partial charge in [-0.05, 0) is 53.1 Å². The van der Waals surface area contributed by atoms with Crippen LogP contribution in [0.25, 0.3) is 5.69 Å². The molecule has 2 aromatic carbocycles. The highest BCUT2D eigenvalue weighted by Crippen LogP contribution is 2.37. The van der Waals surface area contributed by atoms with Crippen molar-refractivity contribution in [3.63, 3.8) is 0 Å². The highest BCUT2D eigenvalue weighted by Gasteiger charge is 2.27. The van der Waals surface area contributed by atoms with Gasteiger partial charge in [-0.15, -0.1) is 0 Å². The maximum Gasteiger partial charge on any atom is 0.0991 e. The van der Waals surface area contributed by atoms with Gasteiger partial charge in [0.15, 0.2) is 0 Å². The van der Waals surface area contributed by atoms with Crippen LogP contribution in [-0.2, 0) is 6.54 Å². The minimum absolute atomic E-state index is 0.0597. The van der Waals surface area contributed by atoms with Crippen molar-refractivity contribution in [2.24, 2.45) is 0 Å². The molecule has 1 N–H and O–H groups in total. The minimum Gasteiger partial charge on any atom is -0.305 e. The predicted molar refractivity (Wildman–Crippen MR) is 135 cm³/mol. The molecule has 170 valence electrons. The first kappa shape index (κ1) is 22.2. The van der Waals surface area contributed by atoms with Gasteiger partial charge in [-0.2, -0.15) is 10.4 Å². The average molecular weight is 457 g/mol. The van der Waals surface area contributed by atoms with Gasteiger partial charge < -0.3 is 5.32 Å². The fourth-order valence-corrected chi connectivity index (χ4v) is 4.33. The molecule has 0 aliphatic carbocycles. The summed E-state index contributed by atoms with van der Waals surface area (Å²) in [4.78, 5) is 8.76. The molecular weight excluding hydrogens is 432 g/mol. The Morgan fingerprint density at radius 1 is 0.800 bits per heavy atom. The van der Waals surface area contributed by atoms with Crippen molar-refractivity contribution in [3.8, 4) is 11.8 Å². The summed E-state index contributed by atoms with van der Waals surface area (Å²) >= 11 is 0. The van der Waals surface area contributed by atoms with Crippen molar-refractivity contribution < 1.29 is 0 Å². The van der Waals surface area contributed by atoms with Gasteiger partial charge in [-0.25, -0.2) is 4.68 Å². The molecule has 3 aromatic heterocycles. The summed E-state index contributed by atoms with van der Waals surface area (Å²) in [6, 6.07) is 28.0. The zero-order chi connectivity index (χ0) is 23.9. The van der Waals surface area contributed by atoms with Gasteiger partial charge in [0.05, 0.1) is 23.5 Å². The second kappa shape index (κ2) is 10.6. The van der Waals surface area contributed by atoms with E-state index in [1.807, 2.05) is 90.1 Å². The Labute approximate surface area is 204 Å². The number of para-hydroxylation sites is 1. The number of rotatable bonds is 8. The lowest BCUT2D eigenvalue weighted by Crippen LogP contribution is -2.28. The highest BCUT2D eigenvalue weighted by atomic mass is 15.3. The van der Waals surface area contributed by atoms with E-state index in [0.29, 0.717) is 12.1 Å². The molecule has 1 atom stereocenters. The van der Waals surface area contributed by atoms with Gasteiger partial charge >= 0.3 is 0 Å². The third kappa shape index (κ3) is 5.16. The van der Waals surface area contributed by atoms with E-state index in [4.69, 9.17) is 0 Å². The van der Waals surface area contributed by atoms with Gasteiger partial charge in [-0.3, -0.25) is 9.97 Å².